The average Bonchev–Trinajstić information content (AvgIpc) is 2.34. The summed E-state index contributed by atoms with van der Waals surface area (Å²) in [6.45, 7) is 14.6. The highest BCUT2D eigenvalue weighted by atomic mass is 16.5. The molecule has 2 unspecified atom stereocenters. The number of ether oxygens (including phenoxy) is 1. The van der Waals surface area contributed by atoms with Gasteiger partial charge >= 0.3 is 0 Å². The van der Waals surface area contributed by atoms with Crippen LogP contribution in [-0.4, -0.2) is 36.0 Å². The lowest BCUT2D eigenvalue weighted by molar-refractivity contribution is -0.189. The Balaban J connectivity index is 2.27. The second kappa shape index (κ2) is 5.11. The summed E-state index contributed by atoms with van der Waals surface area (Å²) >= 11 is 0. The van der Waals surface area contributed by atoms with Crippen molar-refractivity contribution in [1.29, 1.82) is 0 Å². The van der Waals surface area contributed by atoms with E-state index in [4.69, 9.17) is 4.74 Å². The van der Waals surface area contributed by atoms with Gasteiger partial charge in [0, 0.05) is 10.8 Å². The van der Waals surface area contributed by atoms with Crippen LogP contribution in [-0.2, 0) is 4.74 Å². The molecule has 0 amide bonds. The Kier molecular flexibility index (Phi) is 4.09. The molecule has 3 nitrogen and oxygen atoms in total. The average molecular weight is 281 g/mol. The standard InChI is InChI=1S/C17H31NO2/c1-12-11-15(2,3)17(6,19)16(4,5)14(12)20-13-7-9-18-10-8-13/h11,13-14,18-19H,7-10H2,1-6H3. The third kappa shape index (κ3) is 2.44. The van der Waals surface area contributed by atoms with E-state index in [2.05, 4.69) is 46.0 Å². The van der Waals surface area contributed by atoms with Crippen LogP contribution < -0.4 is 5.32 Å². The van der Waals surface area contributed by atoms with Crippen molar-refractivity contribution in [3.8, 4) is 0 Å². The van der Waals surface area contributed by atoms with E-state index in [-0.39, 0.29) is 16.9 Å². The molecule has 0 aromatic carbocycles. The largest absolute Gasteiger partial charge is 0.389 e. The first-order chi connectivity index (χ1) is 9.09. The van der Waals surface area contributed by atoms with Gasteiger partial charge in [-0.3, -0.25) is 0 Å². The smallest absolute Gasteiger partial charge is 0.0864 e. The van der Waals surface area contributed by atoms with Crippen molar-refractivity contribution in [3.63, 3.8) is 0 Å². The second-order valence-electron chi connectivity index (χ2n) is 7.87. The van der Waals surface area contributed by atoms with Crippen molar-refractivity contribution in [1.82, 2.24) is 5.32 Å². The lowest BCUT2D eigenvalue weighted by Gasteiger charge is -2.56. The summed E-state index contributed by atoms with van der Waals surface area (Å²) in [4.78, 5) is 0. The molecule has 0 aromatic rings. The first-order valence-electron chi connectivity index (χ1n) is 7.87. The number of rotatable bonds is 2. The van der Waals surface area contributed by atoms with Crippen molar-refractivity contribution >= 4 is 0 Å². The molecule has 2 N–H and O–H groups in total. The summed E-state index contributed by atoms with van der Waals surface area (Å²) in [6, 6.07) is 0. The Morgan fingerprint density at radius 3 is 2.25 bits per heavy atom. The van der Waals surface area contributed by atoms with Crippen molar-refractivity contribution in [3.05, 3.63) is 11.6 Å². The molecule has 2 aliphatic rings. The predicted molar refractivity (Wildman–Crippen MR) is 82.7 cm³/mol. The third-order valence-electron chi connectivity index (χ3n) is 5.78. The van der Waals surface area contributed by atoms with Crippen molar-refractivity contribution in [2.75, 3.05) is 13.1 Å². The van der Waals surface area contributed by atoms with E-state index in [0.29, 0.717) is 6.10 Å². The van der Waals surface area contributed by atoms with E-state index in [0.717, 1.165) is 25.9 Å². The SMILES string of the molecule is CC1=CC(C)(C)C(C)(O)C(C)(C)C1OC1CCNCC1. The number of hydrogen-bond donors (Lipinski definition) is 2. The van der Waals surface area contributed by atoms with Gasteiger partial charge < -0.3 is 15.2 Å². The monoisotopic (exact) mass is 281 g/mol. The molecule has 0 bridgehead atoms. The van der Waals surface area contributed by atoms with E-state index in [1.807, 2.05) is 6.92 Å². The minimum absolute atomic E-state index is 0.00590. The first kappa shape index (κ1) is 16.0. The van der Waals surface area contributed by atoms with Gasteiger partial charge in [0.25, 0.3) is 0 Å². The van der Waals surface area contributed by atoms with Crippen LogP contribution in [0.1, 0.15) is 54.4 Å². The molecule has 2 atom stereocenters. The van der Waals surface area contributed by atoms with Crippen LogP contribution in [0.5, 0.6) is 0 Å². The van der Waals surface area contributed by atoms with Gasteiger partial charge in [-0.1, -0.05) is 33.8 Å². The predicted octanol–water partition coefficient (Wildman–Crippen LogP) is 2.89. The van der Waals surface area contributed by atoms with Gasteiger partial charge in [-0.05, 0) is 45.4 Å². The van der Waals surface area contributed by atoms with Crippen LogP contribution in [0.4, 0.5) is 0 Å². The molecular formula is C17H31NO2. The summed E-state index contributed by atoms with van der Waals surface area (Å²) in [5.74, 6) is 0. The second-order valence-corrected chi connectivity index (χ2v) is 7.87. The fraction of sp³-hybridized carbons (Fsp3) is 0.882. The van der Waals surface area contributed by atoms with Gasteiger partial charge in [0.2, 0.25) is 0 Å². The Labute approximate surface area is 123 Å². The van der Waals surface area contributed by atoms with E-state index >= 15 is 0 Å². The molecule has 0 radical (unpaired) electrons. The molecule has 1 heterocycles. The zero-order chi connectivity index (χ0) is 15.2. The van der Waals surface area contributed by atoms with Gasteiger partial charge in [0.1, 0.15) is 0 Å². The molecule has 1 saturated heterocycles. The maximum Gasteiger partial charge on any atom is 0.0864 e. The molecule has 3 heteroatoms. The van der Waals surface area contributed by atoms with Gasteiger partial charge in [-0.25, -0.2) is 0 Å². The Bertz CT molecular complexity index is 390. The number of hydrogen-bond acceptors (Lipinski definition) is 3. The molecule has 116 valence electrons. The lowest BCUT2D eigenvalue weighted by Crippen LogP contribution is -2.61. The zero-order valence-electron chi connectivity index (χ0n) is 13.9. The fourth-order valence-corrected chi connectivity index (χ4v) is 3.84. The van der Waals surface area contributed by atoms with Crippen LogP contribution in [0.15, 0.2) is 11.6 Å². The Hall–Kier alpha value is -0.380. The molecule has 0 spiro atoms. The maximum atomic E-state index is 11.1. The summed E-state index contributed by atoms with van der Waals surface area (Å²) in [6.07, 6.45) is 4.62. The molecule has 1 aliphatic heterocycles. The summed E-state index contributed by atoms with van der Waals surface area (Å²) in [5, 5.41) is 14.5. The Morgan fingerprint density at radius 2 is 1.70 bits per heavy atom. The summed E-state index contributed by atoms with van der Waals surface area (Å²) in [5.41, 5.74) is -0.0867. The molecule has 1 fully saturated rings. The summed E-state index contributed by atoms with van der Waals surface area (Å²) in [7, 11) is 0. The van der Waals surface area contributed by atoms with Crippen molar-refractivity contribution in [2.45, 2.75) is 72.2 Å². The minimum Gasteiger partial charge on any atom is -0.389 e. The van der Waals surface area contributed by atoms with Crippen LogP contribution in [0.2, 0.25) is 0 Å². The van der Waals surface area contributed by atoms with E-state index < -0.39 is 5.60 Å². The third-order valence-corrected chi connectivity index (χ3v) is 5.78. The first-order valence-corrected chi connectivity index (χ1v) is 7.87. The highest BCUT2D eigenvalue weighted by molar-refractivity contribution is 5.27. The van der Waals surface area contributed by atoms with Gasteiger partial charge in [0.15, 0.2) is 0 Å². The molecular weight excluding hydrogens is 250 g/mol. The fourth-order valence-electron chi connectivity index (χ4n) is 3.84. The van der Waals surface area contributed by atoms with E-state index in [1.54, 1.807) is 0 Å². The highest BCUT2D eigenvalue weighted by Crippen LogP contribution is 2.53. The van der Waals surface area contributed by atoms with E-state index in [1.165, 1.54) is 5.57 Å². The highest BCUT2D eigenvalue weighted by Gasteiger charge is 2.57. The maximum absolute atomic E-state index is 11.1. The lowest BCUT2D eigenvalue weighted by atomic mass is 9.55. The van der Waals surface area contributed by atoms with Crippen molar-refractivity contribution < 1.29 is 9.84 Å². The Morgan fingerprint density at radius 1 is 1.15 bits per heavy atom. The number of piperidine rings is 1. The van der Waals surface area contributed by atoms with Gasteiger partial charge in [-0.2, -0.15) is 0 Å². The normalized spacial score (nSPS) is 37.5. The zero-order valence-corrected chi connectivity index (χ0v) is 13.9. The molecule has 0 saturated carbocycles. The topological polar surface area (TPSA) is 41.5 Å². The van der Waals surface area contributed by atoms with Gasteiger partial charge in [0.05, 0.1) is 17.8 Å². The quantitative estimate of drug-likeness (QED) is 0.765. The minimum atomic E-state index is -0.795. The van der Waals surface area contributed by atoms with Gasteiger partial charge in [-0.15, -0.1) is 0 Å². The van der Waals surface area contributed by atoms with Crippen LogP contribution in [0.3, 0.4) is 0 Å². The molecule has 0 aromatic heterocycles. The van der Waals surface area contributed by atoms with Crippen LogP contribution in [0.25, 0.3) is 0 Å². The van der Waals surface area contributed by atoms with Crippen molar-refractivity contribution in [2.24, 2.45) is 10.8 Å². The van der Waals surface area contributed by atoms with E-state index in [9.17, 15) is 5.11 Å². The summed E-state index contributed by atoms with van der Waals surface area (Å²) < 4.78 is 6.42. The van der Waals surface area contributed by atoms with Crippen LogP contribution >= 0.6 is 0 Å². The number of nitrogens with one attached hydrogen (secondary N) is 1. The van der Waals surface area contributed by atoms with Crippen LogP contribution in [0, 0.1) is 10.8 Å². The molecule has 20 heavy (non-hydrogen) atoms. The molecule has 2 rings (SSSR count). The number of aliphatic hydroxyl groups is 1. The molecule has 1 aliphatic carbocycles.